The van der Waals surface area contributed by atoms with Gasteiger partial charge in [0.05, 0.1) is 18.7 Å². The molecule has 0 fully saturated rings. The zero-order valence-electron chi connectivity index (χ0n) is 10.6. The van der Waals surface area contributed by atoms with E-state index in [4.69, 9.17) is 5.11 Å². The second kappa shape index (κ2) is 6.38. The van der Waals surface area contributed by atoms with Crippen LogP contribution in [0.25, 0.3) is 0 Å². The van der Waals surface area contributed by atoms with Crippen molar-refractivity contribution in [2.75, 3.05) is 6.26 Å². The van der Waals surface area contributed by atoms with Crippen molar-refractivity contribution in [1.82, 2.24) is 15.0 Å². The van der Waals surface area contributed by atoms with Crippen LogP contribution in [0.1, 0.15) is 17.7 Å². The van der Waals surface area contributed by atoms with Gasteiger partial charge in [-0.05, 0) is 24.0 Å². The first-order valence-electron chi connectivity index (χ1n) is 5.91. The average Bonchev–Trinajstić information content (AvgIpc) is 2.85. The number of carboxylic acid groups (broad SMARTS) is 1. The molecule has 6 heteroatoms. The molecule has 5 nitrogen and oxygen atoms in total. The second-order valence-electron chi connectivity index (χ2n) is 4.15. The van der Waals surface area contributed by atoms with Crippen molar-refractivity contribution in [3.8, 4) is 0 Å². The summed E-state index contributed by atoms with van der Waals surface area (Å²) in [4.78, 5) is 11.7. The summed E-state index contributed by atoms with van der Waals surface area (Å²) < 4.78 is 1.73. The Morgan fingerprint density at radius 3 is 2.74 bits per heavy atom. The van der Waals surface area contributed by atoms with Gasteiger partial charge in [0.15, 0.2) is 0 Å². The lowest BCUT2D eigenvalue weighted by Gasteiger charge is -2.02. The Kier molecular flexibility index (Phi) is 4.57. The van der Waals surface area contributed by atoms with E-state index in [1.54, 1.807) is 22.6 Å². The Labute approximate surface area is 115 Å². The van der Waals surface area contributed by atoms with Crippen LogP contribution in [0.3, 0.4) is 0 Å². The van der Waals surface area contributed by atoms with Crippen LogP contribution in [-0.2, 0) is 17.8 Å². The van der Waals surface area contributed by atoms with Gasteiger partial charge in [-0.2, -0.15) is 0 Å². The number of thioether (sulfide) groups is 1. The van der Waals surface area contributed by atoms with E-state index in [2.05, 4.69) is 34.6 Å². The first-order chi connectivity index (χ1) is 9.17. The lowest BCUT2D eigenvalue weighted by Crippen LogP contribution is -2.00. The van der Waals surface area contributed by atoms with E-state index < -0.39 is 5.97 Å². The lowest BCUT2D eigenvalue weighted by atomic mass is 10.2. The molecular formula is C13H15N3O2S. The summed E-state index contributed by atoms with van der Waals surface area (Å²) in [5, 5.41) is 16.6. The van der Waals surface area contributed by atoms with Crippen LogP contribution in [0, 0.1) is 0 Å². The predicted octanol–water partition coefficient (Wildman–Crippen LogP) is 2.07. The number of aromatic nitrogens is 3. The normalized spacial score (nSPS) is 10.6. The van der Waals surface area contributed by atoms with E-state index in [1.807, 2.05) is 6.26 Å². The van der Waals surface area contributed by atoms with E-state index in [1.165, 1.54) is 4.90 Å². The fourth-order valence-electron chi connectivity index (χ4n) is 1.68. The average molecular weight is 277 g/mol. The van der Waals surface area contributed by atoms with E-state index in [0.29, 0.717) is 18.7 Å². The maximum absolute atomic E-state index is 10.5. The Balaban J connectivity index is 1.96. The minimum atomic E-state index is -0.817. The molecule has 1 aromatic carbocycles. The largest absolute Gasteiger partial charge is 0.481 e. The fraction of sp³-hybridized carbons (Fsp3) is 0.308. The summed E-state index contributed by atoms with van der Waals surface area (Å²) in [7, 11) is 0. The first-order valence-corrected chi connectivity index (χ1v) is 7.13. The van der Waals surface area contributed by atoms with Crippen LogP contribution in [0.4, 0.5) is 0 Å². The zero-order chi connectivity index (χ0) is 13.7. The number of carbonyl (C=O) groups is 1. The highest BCUT2D eigenvalue weighted by atomic mass is 32.2. The van der Waals surface area contributed by atoms with Crippen molar-refractivity contribution in [1.29, 1.82) is 0 Å². The van der Waals surface area contributed by atoms with Gasteiger partial charge < -0.3 is 5.11 Å². The quantitative estimate of drug-likeness (QED) is 0.819. The van der Waals surface area contributed by atoms with Crippen LogP contribution < -0.4 is 0 Å². The number of aryl methyl sites for hydroxylation is 1. The third kappa shape index (κ3) is 4.10. The van der Waals surface area contributed by atoms with Gasteiger partial charge in [0.2, 0.25) is 0 Å². The van der Waals surface area contributed by atoms with Gasteiger partial charge in [-0.3, -0.25) is 4.79 Å². The second-order valence-corrected chi connectivity index (χ2v) is 5.03. The van der Waals surface area contributed by atoms with E-state index in [0.717, 1.165) is 5.56 Å². The summed E-state index contributed by atoms with van der Waals surface area (Å²) >= 11 is 1.71. The number of benzene rings is 1. The molecule has 0 radical (unpaired) electrons. The van der Waals surface area contributed by atoms with Crippen molar-refractivity contribution in [2.45, 2.75) is 24.3 Å². The molecule has 0 aliphatic rings. The monoisotopic (exact) mass is 277 g/mol. The number of hydrogen-bond donors (Lipinski definition) is 1. The summed E-state index contributed by atoms with van der Waals surface area (Å²) in [6, 6.07) is 8.26. The van der Waals surface area contributed by atoms with E-state index in [9.17, 15) is 4.79 Å². The zero-order valence-corrected chi connectivity index (χ0v) is 11.4. The molecule has 2 aromatic rings. The van der Waals surface area contributed by atoms with Gasteiger partial charge in [0, 0.05) is 17.5 Å². The molecule has 0 aliphatic carbocycles. The number of rotatable bonds is 6. The van der Waals surface area contributed by atoms with E-state index in [-0.39, 0.29) is 6.42 Å². The molecule has 100 valence electrons. The molecule has 0 unspecified atom stereocenters. The summed E-state index contributed by atoms with van der Waals surface area (Å²) in [6.07, 6.45) is 4.34. The van der Waals surface area contributed by atoms with Crippen LogP contribution in [-0.4, -0.2) is 32.3 Å². The van der Waals surface area contributed by atoms with Crippen molar-refractivity contribution >= 4 is 17.7 Å². The maximum atomic E-state index is 10.5. The SMILES string of the molecule is CSc1ccc(Cn2cc(CCC(=O)O)nn2)cc1. The van der Waals surface area contributed by atoms with Gasteiger partial charge in [-0.1, -0.05) is 17.3 Å². The minimum Gasteiger partial charge on any atom is -0.481 e. The molecule has 1 heterocycles. The molecule has 0 atom stereocenters. The van der Waals surface area contributed by atoms with Crippen LogP contribution in [0.2, 0.25) is 0 Å². The topological polar surface area (TPSA) is 68.0 Å². The minimum absolute atomic E-state index is 0.0844. The molecule has 0 bridgehead atoms. The summed E-state index contributed by atoms with van der Waals surface area (Å²) in [5.41, 5.74) is 1.86. The van der Waals surface area contributed by atoms with Crippen LogP contribution >= 0.6 is 11.8 Å². The molecule has 0 aliphatic heterocycles. The number of aliphatic carboxylic acids is 1. The number of carboxylic acids is 1. The van der Waals surface area contributed by atoms with Crippen LogP contribution in [0.15, 0.2) is 35.4 Å². The highest BCUT2D eigenvalue weighted by Gasteiger charge is 2.04. The predicted molar refractivity (Wildman–Crippen MR) is 73.3 cm³/mol. The van der Waals surface area contributed by atoms with Gasteiger partial charge in [-0.15, -0.1) is 16.9 Å². The molecule has 1 aromatic heterocycles. The highest BCUT2D eigenvalue weighted by molar-refractivity contribution is 7.98. The fourth-order valence-corrected chi connectivity index (χ4v) is 2.09. The Morgan fingerprint density at radius 1 is 1.37 bits per heavy atom. The molecule has 1 N–H and O–H groups in total. The maximum Gasteiger partial charge on any atom is 0.303 e. The molecule has 2 rings (SSSR count). The summed E-state index contributed by atoms with van der Waals surface area (Å²) in [6.45, 7) is 0.648. The molecule has 19 heavy (non-hydrogen) atoms. The van der Waals surface area contributed by atoms with Gasteiger partial charge in [0.25, 0.3) is 0 Å². The van der Waals surface area contributed by atoms with Crippen molar-refractivity contribution < 1.29 is 9.90 Å². The smallest absolute Gasteiger partial charge is 0.303 e. The highest BCUT2D eigenvalue weighted by Crippen LogP contribution is 2.15. The lowest BCUT2D eigenvalue weighted by molar-refractivity contribution is -0.136. The third-order valence-electron chi connectivity index (χ3n) is 2.68. The molecular weight excluding hydrogens is 262 g/mol. The molecule has 0 saturated heterocycles. The molecule has 0 spiro atoms. The van der Waals surface area contributed by atoms with Crippen molar-refractivity contribution in [2.24, 2.45) is 0 Å². The first kappa shape index (κ1) is 13.6. The molecule has 0 saturated carbocycles. The van der Waals surface area contributed by atoms with Crippen molar-refractivity contribution in [3.05, 3.63) is 41.7 Å². The number of hydrogen-bond acceptors (Lipinski definition) is 4. The van der Waals surface area contributed by atoms with E-state index >= 15 is 0 Å². The number of nitrogens with zero attached hydrogens (tertiary/aromatic N) is 3. The van der Waals surface area contributed by atoms with Crippen molar-refractivity contribution in [3.63, 3.8) is 0 Å². The summed E-state index contributed by atoms with van der Waals surface area (Å²) in [5.74, 6) is -0.817. The Hall–Kier alpha value is -1.82. The standard InChI is InChI=1S/C13H15N3O2S/c1-19-12-5-2-10(3-6-12)8-16-9-11(14-15-16)4-7-13(17)18/h2-3,5-6,9H,4,7-8H2,1H3,(H,17,18). The van der Waals surface area contributed by atoms with Crippen LogP contribution in [0.5, 0.6) is 0 Å². The van der Waals surface area contributed by atoms with Gasteiger partial charge in [-0.25, -0.2) is 4.68 Å². The van der Waals surface area contributed by atoms with Gasteiger partial charge >= 0.3 is 5.97 Å². The Morgan fingerprint density at radius 2 is 2.11 bits per heavy atom. The van der Waals surface area contributed by atoms with Gasteiger partial charge in [0.1, 0.15) is 0 Å². The third-order valence-corrected chi connectivity index (χ3v) is 3.43. The molecule has 0 amide bonds. The Bertz CT molecular complexity index is 551.